The average Bonchev–Trinajstić information content (AvgIpc) is 1.82. The fourth-order valence-corrected chi connectivity index (χ4v) is 0.364. The van der Waals surface area contributed by atoms with Crippen molar-refractivity contribution in [2.75, 3.05) is 13.2 Å². The van der Waals surface area contributed by atoms with Gasteiger partial charge in [0.2, 0.25) is 0 Å². The normalized spacial score (nSPS) is 11.8. The van der Waals surface area contributed by atoms with Crippen LogP contribution in [0.2, 0.25) is 0 Å². The van der Waals surface area contributed by atoms with E-state index in [-0.39, 0.29) is 42.7 Å². The van der Waals surface area contributed by atoms with Crippen molar-refractivity contribution >= 4 is 5.97 Å². The Morgan fingerprint density at radius 3 is 2.60 bits per heavy atom. The minimum Gasteiger partial charge on any atom is -0.548 e. The summed E-state index contributed by atoms with van der Waals surface area (Å²) < 4.78 is 0. The number of nitrogens with one attached hydrogen (secondary N) is 1. The SMILES string of the molecule is C[C@H](NCCO)C(=O)[O-].[Na+]. The molecule has 2 N–H and O–H groups in total. The maximum absolute atomic E-state index is 9.95. The molecule has 0 amide bonds. The van der Waals surface area contributed by atoms with Gasteiger partial charge in [0.15, 0.2) is 0 Å². The zero-order valence-corrected chi connectivity index (χ0v) is 8.26. The van der Waals surface area contributed by atoms with Crippen LogP contribution in [-0.4, -0.2) is 30.3 Å². The van der Waals surface area contributed by atoms with Crippen LogP contribution in [0.4, 0.5) is 0 Å². The molecule has 0 aliphatic carbocycles. The van der Waals surface area contributed by atoms with Crippen LogP contribution in [0.3, 0.4) is 0 Å². The second kappa shape index (κ2) is 7.50. The molecule has 0 saturated carbocycles. The molecule has 0 rings (SSSR count). The van der Waals surface area contributed by atoms with Crippen LogP contribution in [0.5, 0.6) is 0 Å². The standard InChI is InChI=1S/C5H11NO3.Na/c1-4(5(8)9)6-2-3-7;/h4,6-7H,2-3H2,1H3,(H,8,9);/q;+1/p-1/t4-;/m0./s1. The molecule has 0 spiro atoms. The molecule has 0 fully saturated rings. The van der Waals surface area contributed by atoms with Crippen molar-refractivity contribution in [1.82, 2.24) is 5.32 Å². The second-order valence-corrected chi connectivity index (χ2v) is 1.72. The van der Waals surface area contributed by atoms with E-state index < -0.39 is 12.0 Å². The molecule has 0 aliphatic rings. The van der Waals surface area contributed by atoms with Crippen LogP contribution in [0, 0.1) is 0 Å². The molecule has 0 aromatic heterocycles. The molecule has 0 aromatic rings. The van der Waals surface area contributed by atoms with Gasteiger partial charge < -0.3 is 20.3 Å². The summed E-state index contributed by atoms with van der Waals surface area (Å²) in [6, 6.07) is -0.683. The average molecular weight is 155 g/mol. The molecule has 4 nitrogen and oxygen atoms in total. The van der Waals surface area contributed by atoms with E-state index in [0.29, 0.717) is 0 Å². The van der Waals surface area contributed by atoms with Crippen molar-refractivity contribution in [3.05, 3.63) is 0 Å². The van der Waals surface area contributed by atoms with E-state index in [4.69, 9.17) is 5.11 Å². The summed E-state index contributed by atoms with van der Waals surface area (Å²) in [4.78, 5) is 9.95. The van der Waals surface area contributed by atoms with Crippen molar-refractivity contribution in [3.63, 3.8) is 0 Å². The quantitative estimate of drug-likeness (QED) is 0.398. The predicted molar refractivity (Wildman–Crippen MR) is 29.6 cm³/mol. The zero-order valence-electron chi connectivity index (χ0n) is 6.26. The molecule has 5 heteroatoms. The fourth-order valence-electron chi connectivity index (χ4n) is 0.364. The van der Waals surface area contributed by atoms with Gasteiger partial charge in [-0.2, -0.15) is 0 Å². The summed E-state index contributed by atoms with van der Waals surface area (Å²) in [6.07, 6.45) is 0. The van der Waals surface area contributed by atoms with Crippen LogP contribution in [0.1, 0.15) is 6.92 Å². The number of rotatable bonds is 4. The number of carboxylic acid groups (broad SMARTS) is 1. The van der Waals surface area contributed by atoms with Crippen LogP contribution in [-0.2, 0) is 4.79 Å². The molecular weight excluding hydrogens is 145 g/mol. The Labute approximate surface area is 81.9 Å². The monoisotopic (exact) mass is 155 g/mol. The summed E-state index contributed by atoms with van der Waals surface area (Å²) in [5.41, 5.74) is 0. The predicted octanol–water partition coefficient (Wildman–Crippen LogP) is -5.29. The summed E-state index contributed by atoms with van der Waals surface area (Å²) in [5, 5.41) is 20.7. The third kappa shape index (κ3) is 6.51. The molecule has 0 aromatic carbocycles. The van der Waals surface area contributed by atoms with Crippen LogP contribution in [0.15, 0.2) is 0 Å². The van der Waals surface area contributed by atoms with Gasteiger partial charge >= 0.3 is 29.6 Å². The van der Waals surface area contributed by atoms with Crippen molar-refractivity contribution in [1.29, 1.82) is 0 Å². The summed E-state index contributed by atoms with van der Waals surface area (Å²) >= 11 is 0. The van der Waals surface area contributed by atoms with Gasteiger partial charge in [0, 0.05) is 12.6 Å². The number of aliphatic hydroxyl groups excluding tert-OH is 1. The Morgan fingerprint density at radius 1 is 1.80 bits per heavy atom. The van der Waals surface area contributed by atoms with Crippen molar-refractivity contribution in [2.45, 2.75) is 13.0 Å². The number of carboxylic acids is 1. The van der Waals surface area contributed by atoms with E-state index in [1.54, 1.807) is 0 Å². The number of carbonyl (C=O) groups is 1. The summed E-state index contributed by atoms with van der Waals surface area (Å²) in [5.74, 6) is -1.15. The van der Waals surface area contributed by atoms with E-state index in [9.17, 15) is 9.90 Å². The first-order valence-electron chi connectivity index (χ1n) is 2.73. The number of carbonyl (C=O) groups excluding carboxylic acids is 1. The first-order chi connectivity index (χ1) is 4.18. The molecule has 1 atom stereocenters. The molecule has 0 bridgehead atoms. The van der Waals surface area contributed by atoms with Gasteiger partial charge in [0.1, 0.15) is 0 Å². The smallest absolute Gasteiger partial charge is 0.548 e. The number of aliphatic hydroxyl groups is 1. The van der Waals surface area contributed by atoms with E-state index in [0.717, 1.165) is 0 Å². The van der Waals surface area contributed by atoms with Crippen molar-refractivity contribution in [3.8, 4) is 0 Å². The Balaban J connectivity index is 0. The third-order valence-corrected chi connectivity index (χ3v) is 0.916. The first-order valence-corrected chi connectivity index (χ1v) is 2.73. The Hall–Kier alpha value is 0.390. The minimum atomic E-state index is -1.15. The topological polar surface area (TPSA) is 72.4 Å². The van der Waals surface area contributed by atoms with Crippen molar-refractivity contribution in [2.24, 2.45) is 0 Å². The van der Waals surface area contributed by atoms with Crippen LogP contribution in [0.25, 0.3) is 0 Å². The number of aliphatic carboxylic acids is 1. The van der Waals surface area contributed by atoms with Gasteiger partial charge in [-0.05, 0) is 6.92 Å². The van der Waals surface area contributed by atoms with Gasteiger partial charge in [-0.1, -0.05) is 0 Å². The van der Waals surface area contributed by atoms with Gasteiger partial charge in [0.25, 0.3) is 0 Å². The van der Waals surface area contributed by atoms with E-state index in [1.807, 2.05) is 0 Å². The Morgan fingerprint density at radius 2 is 2.30 bits per heavy atom. The zero-order chi connectivity index (χ0) is 7.28. The Bertz CT molecular complexity index is 98.9. The maximum Gasteiger partial charge on any atom is 1.00 e. The molecular formula is C5H10NNaO3. The molecule has 10 heavy (non-hydrogen) atoms. The number of hydrogen-bond donors (Lipinski definition) is 2. The van der Waals surface area contributed by atoms with Crippen molar-refractivity contribution < 1.29 is 44.6 Å². The summed E-state index contributed by atoms with van der Waals surface area (Å²) in [7, 11) is 0. The number of hydrogen-bond acceptors (Lipinski definition) is 4. The van der Waals surface area contributed by atoms with Gasteiger partial charge in [-0.15, -0.1) is 0 Å². The fraction of sp³-hybridized carbons (Fsp3) is 0.800. The molecule has 0 radical (unpaired) electrons. The minimum absolute atomic E-state index is 0. The molecule has 0 heterocycles. The van der Waals surface area contributed by atoms with E-state index >= 15 is 0 Å². The van der Waals surface area contributed by atoms with Gasteiger partial charge in [-0.25, -0.2) is 0 Å². The maximum atomic E-state index is 9.95. The third-order valence-electron chi connectivity index (χ3n) is 0.916. The van der Waals surface area contributed by atoms with E-state index in [1.165, 1.54) is 6.92 Å². The largest absolute Gasteiger partial charge is 1.00 e. The molecule has 54 valence electrons. The molecule has 0 unspecified atom stereocenters. The van der Waals surface area contributed by atoms with Gasteiger partial charge in [0.05, 0.1) is 12.6 Å². The van der Waals surface area contributed by atoms with Crippen LogP contribution >= 0.6 is 0 Å². The van der Waals surface area contributed by atoms with Gasteiger partial charge in [-0.3, -0.25) is 0 Å². The molecule has 0 aliphatic heterocycles. The summed E-state index contributed by atoms with van der Waals surface area (Å²) in [6.45, 7) is 1.69. The van der Waals surface area contributed by atoms with E-state index in [2.05, 4.69) is 5.32 Å². The van der Waals surface area contributed by atoms with Crippen LogP contribution < -0.4 is 40.0 Å². The Kier molecular flexibility index (Phi) is 9.76. The second-order valence-electron chi connectivity index (χ2n) is 1.72. The molecule has 0 saturated heterocycles. The first kappa shape index (κ1) is 13.0.